The first-order chi connectivity index (χ1) is 16.6. The van der Waals surface area contributed by atoms with Gasteiger partial charge in [-0.3, -0.25) is 4.79 Å². The third-order valence-corrected chi connectivity index (χ3v) is 5.96. The average molecular weight is 499 g/mol. The van der Waals surface area contributed by atoms with Crippen LogP contribution in [-0.2, 0) is 11.4 Å². The zero-order valence-electron chi connectivity index (χ0n) is 19.8. The van der Waals surface area contributed by atoms with Gasteiger partial charge in [-0.25, -0.2) is 18.4 Å². The molecule has 182 valence electrons. The number of aryl methyl sites for hydroxylation is 1. The Bertz CT molecular complexity index is 1400. The Kier molecular flexibility index (Phi) is 7.03. The molecule has 0 bridgehead atoms. The Morgan fingerprint density at radius 2 is 1.94 bits per heavy atom. The topological polar surface area (TPSA) is 69.0 Å². The molecule has 0 fully saturated rings. The monoisotopic (exact) mass is 498 g/mol. The summed E-state index contributed by atoms with van der Waals surface area (Å²) in [5.74, 6) is -0.842. The summed E-state index contributed by atoms with van der Waals surface area (Å²) in [6.07, 6.45) is 2.43. The molecule has 2 heterocycles. The van der Waals surface area contributed by atoms with Gasteiger partial charge in [0.15, 0.2) is 5.82 Å². The van der Waals surface area contributed by atoms with Gasteiger partial charge in [0.25, 0.3) is 0 Å². The molecule has 0 aliphatic heterocycles. The lowest BCUT2D eigenvalue weighted by Gasteiger charge is -2.21. The van der Waals surface area contributed by atoms with Crippen LogP contribution in [0.4, 0.5) is 8.78 Å². The van der Waals surface area contributed by atoms with Crippen molar-refractivity contribution in [3.63, 3.8) is 0 Å². The van der Waals surface area contributed by atoms with Gasteiger partial charge in [-0.2, -0.15) is 5.10 Å². The van der Waals surface area contributed by atoms with Crippen molar-refractivity contribution in [2.45, 2.75) is 40.3 Å². The Morgan fingerprint density at radius 1 is 1.17 bits per heavy atom. The number of nitrogens with one attached hydrogen (secondary N) is 1. The van der Waals surface area contributed by atoms with E-state index in [2.05, 4.69) is 15.4 Å². The predicted octanol–water partition coefficient (Wildman–Crippen LogP) is 6.07. The number of para-hydroxylation sites is 1. The highest BCUT2D eigenvalue weighted by molar-refractivity contribution is 6.31. The highest BCUT2D eigenvalue weighted by Gasteiger charge is 2.20. The molecule has 0 spiro atoms. The minimum absolute atomic E-state index is 0.0246. The number of carbonyl (C=O) groups excluding carboxylic acids is 1. The van der Waals surface area contributed by atoms with E-state index in [1.165, 1.54) is 23.0 Å². The van der Waals surface area contributed by atoms with Crippen LogP contribution in [0.5, 0.6) is 5.75 Å². The summed E-state index contributed by atoms with van der Waals surface area (Å²) >= 11 is 6.40. The minimum atomic E-state index is -0.502. The van der Waals surface area contributed by atoms with Gasteiger partial charge in [0.1, 0.15) is 23.7 Å². The Hall–Kier alpha value is -3.52. The maximum atomic E-state index is 14.2. The lowest BCUT2D eigenvalue weighted by molar-refractivity contribution is -0.124. The summed E-state index contributed by atoms with van der Waals surface area (Å²) in [4.78, 5) is 16.8. The molecular formula is C26H25ClF2N4O2. The van der Waals surface area contributed by atoms with Crippen molar-refractivity contribution in [1.82, 2.24) is 20.1 Å². The molecule has 0 saturated carbocycles. The lowest BCUT2D eigenvalue weighted by Crippen LogP contribution is -2.31. The molecule has 0 aliphatic carbocycles. The molecule has 0 radical (unpaired) electrons. The van der Waals surface area contributed by atoms with Gasteiger partial charge in [-0.05, 0) is 43.7 Å². The fourth-order valence-electron chi connectivity index (χ4n) is 3.84. The van der Waals surface area contributed by atoms with Gasteiger partial charge >= 0.3 is 0 Å². The van der Waals surface area contributed by atoms with Crippen LogP contribution >= 0.6 is 11.6 Å². The SMILES string of the molecule is Cc1cc(-n2cc(F)cn2)c2cccc(OCc3c(Cl)cc(F)cc3[C@H](C)NC(=O)C(C)C)c2n1. The van der Waals surface area contributed by atoms with Crippen LogP contribution in [0.25, 0.3) is 16.6 Å². The van der Waals surface area contributed by atoms with E-state index in [1.54, 1.807) is 32.9 Å². The standard InChI is InChI=1S/C26H25ClF2N4O2/c1-14(2)26(34)32-16(4)20-9-17(28)10-22(27)21(20)13-35-24-7-5-6-19-23(8-15(3)31-25(19)24)33-12-18(29)11-30-33/h5-12,14,16H,13H2,1-4H3,(H,32,34)/t16-/m0/s1. The van der Waals surface area contributed by atoms with Gasteiger partial charge in [0.2, 0.25) is 5.91 Å². The Morgan fingerprint density at radius 3 is 2.63 bits per heavy atom. The van der Waals surface area contributed by atoms with Crippen molar-refractivity contribution in [1.29, 1.82) is 0 Å². The van der Waals surface area contributed by atoms with Crippen LogP contribution in [0, 0.1) is 24.5 Å². The molecule has 6 nitrogen and oxygen atoms in total. The first-order valence-electron chi connectivity index (χ1n) is 11.2. The highest BCUT2D eigenvalue weighted by atomic mass is 35.5. The normalized spacial score (nSPS) is 12.2. The molecule has 1 N–H and O–H groups in total. The van der Waals surface area contributed by atoms with Crippen LogP contribution in [0.3, 0.4) is 0 Å². The number of ether oxygens (including phenoxy) is 1. The van der Waals surface area contributed by atoms with Crippen molar-refractivity contribution in [2.24, 2.45) is 5.92 Å². The molecule has 4 aromatic rings. The molecule has 0 unspecified atom stereocenters. The van der Waals surface area contributed by atoms with E-state index in [9.17, 15) is 13.6 Å². The summed E-state index contributed by atoms with van der Waals surface area (Å²) in [6, 6.07) is 9.32. The van der Waals surface area contributed by atoms with Crippen molar-refractivity contribution in [3.05, 3.63) is 82.3 Å². The van der Waals surface area contributed by atoms with E-state index < -0.39 is 17.7 Å². The smallest absolute Gasteiger partial charge is 0.223 e. The largest absolute Gasteiger partial charge is 0.487 e. The van der Waals surface area contributed by atoms with Gasteiger partial charge in [-0.1, -0.05) is 37.6 Å². The molecule has 9 heteroatoms. The number of fused-ring (bicyclic) bond motifs is 1. The van der Waals surface area contributed by atoms with Crippen molar-refractivity contribution >= 4 is 28.4 Å². The second-order valence-corrected chi connectivity index (χ2v) is 9.07. The summed E-state index contributed by atoms with van der Waals surface area (Å²) in [5, 5.41) is 7.87. The average Bonchev–Trinajstić information content (AvgIpc) is 3.23. The first-order valence-corrected chi connectivity index (χ1v) is 11.5. The fourth-order valence-corrected chi connectivity index (χ4v) is 4.10. The number of nitrogens with zero attached hydrogens (tertiary/aromatic N) is 3. The van der Waals surface area contributed by atoms with Crippen molar-refractivity contribution < 1.29 is 18.3 Å². The number of aromatic nitrogens is 3. The van der Waals surface area contributed by atoms with E-state index in [0.29, 0.717) is 33.8 Å². The summed E-state index contributed by atoms with van der Waals surface area (Å²) in [5.41, 5.74) is 3.02. The summed E-state index contributed by atoms with van der Waals surface area (Å²) in [7, 11) is 0. The summed E-state index contributed by atoms with van der Waals surface area (Å²) in [6.45, 7) is 7.19. The Labute approximate surface area is 206 Å². The zero-order chi connectivity index (χ0) is 25.3. The molecular weight excluding hydrogens is 474 g/mol. The van der Waals surface area contributed by atoms with E-state index in [-0.39, 0.29) is 23.5 Å². The van der Waals surface area contributed by atoms with Crippen molar-refractivity contribution in [2.75, 3.05) is 0 Å². The van der Waals surface area contributed by atoms with Gasteiger partial charge in [-0.15, -0.1) is 0 Å². The summed E-state index contributed by atoms with van der Waals surface area (Å²) < 4.78 is 35.4. The zero-order valence-corrected chi connectivity index (χ0v) is 20.5. The van der Waals surface area contributed by atoms with Crippen LogP contribution in [0.2, 0.25) is 5.02 Å². The second kappa shape index (κ2) is 10.00. The van der Waals surface area contributed by atoms with Crippen LogP contribution in [0.1, 0.15) is 43.6 Å². The molecule has 0 aliphatic rings. The lowest BCUT2D eigenvalue weighted by atomic mass is 10.0. The van der Waals surface area contributed by atoms with Gasteiger partial charge in [0, 0.05) is 22.6 Å². The van der Waals surface area contributed by atoms with Gasteiger partial charge < -0.3 is 10.1 Å². The maximum Gasteiger partial charge on any atom is 0.223 e. The van der Waals surface area contributed by atoms with E-state index >= 15 is 0 Å². The second-order valence-electron chi connectivity index (χ2n) is 8.67. The van der Waals surface area contributed by atoms with E-state index in [0.717, 1.165) is 11.6 Å². The van der Waals surface area contributed by atoms with E-state index in [1.807, 2.05) is 19.1 Å². The maximum absolute atomic E-state index is 14.2. The number of pyridine rings is 1. The van der Waals surface area contributed by atoms with Crippen LogP contribution in [0.15, 0.2) is 48.8 Å². The molecule has 2 aromatic heterocycles. The van der Waals surface area contributed by atoms with Crippen LogP contribution in [-0.4, -0.2) is 20.7 Å². The number of halogens is 3. The highest BCUT2D eigenvalue weighted by Crippen LogP contribution is 2.32. The quantitative estimate of drug-likeness (QED) is 0.335. The van der Waals surface area contributed by atoms with Crippen molar-refractivity contribution in [3.8, 4) is 11.4 Å². The van der Waals surface area contributed by atoms with Gasteiger partial charge in [0.05, 0.1) is 29.1 Å². The number of rotatable bonds is 7. The minimum Gasteiger partial charge on any atom is -0.487 e. The fraction of sp³-hybridized carbons (Fsp3) is 0.269. The number of benzene rings is 2. The number of hydrogen-bond acceptors (Lipinski definition) is 4. The third kappa shape index (κ3) is 5.27. The van der Waals surface area contributed by atoms with Crippen LogP contribution < -0.4 is 10.1 Å². The predicted molar refractivity (Wildman–Crippen MR) is 131 cm³/mol. The number of hydrogen-bond donors (Lipinski definition) is 1. The first kappa shape index (κ1) is 24.6. The molecule has 1 amide bonds. The van der Waals surface area contributed by atoms with E-state index in [4.69, 9.17) is 16.3 Å². The molecule has 2 aromatic carbocycles. The third-order valence-electron chi connectivity index (χ3n) is 5.62. The molecule has 0 saturated heterocycles. The number of amides is 1. The molecule has 4 rings (SSSR count). The molecule has 1 atom stereocenters. The Balaban J connectivity index is 1.70. The molecule has 35 heavy (non-hydrogen) atoms. The number of carbonyl (C=O) groups is 1.